The van der Waals surface area contributed by atoms with Gasteiger partial charge >= 0.3 is 0 Å². The van der Waals surface area contributed by atoms with Crippen LogP contribution in [0, 0.1) is 0 Å². The van der Waals surface area contributed by atoms with Crippen LogP contribution >= 0.6 is 31.9 Å². The third kappa shape index (κ3) is 10.3. The third-order valence-corrected chi connectivity index (χ3v) is 16.5. The van der Waals surface area contributed by atoms with Crippen LogP contribution in [0.5, 0.6) is 46.0 Å². The van der Waals surface area contributed by atoms with Crippen molar-refractivity contribution in [3.8, 4) is 79.4 Å². The van der Waals surface area contributed by atoms with E-state index in [4.69, 9.17) is 18.9 Å². The fraction of sp³-hybridized carbons (Fsp3) is 0. The first-order valence-electron chi connectivity index (χ1n) is 22.5. The molecule has 10 aromatic carbocycles. The van der Waals surface area contributed by atoms with Crippen LogP contribution in [0.3, 0.4) is 0 Å². The minimum absolute atomic E-state index is 0.0907. The van der Waals surface area contributed by atoms with Gasteiger partial charge in [-0.1, -0.05) is 141 Å². The van der Waals surface area contributed by atoms with E-state index < -0.39 is 19.7 Å². The molecule has 0 heterocycles. The largest absolute Gasteiger partial charge is 0.457 e. The van der Waals surface area contributed by atoms with E-state index in [1.165, 1.54) is 48.5 Å². The van der Waals surface area contributed by atoms with Gasteiger partial charge in [-0.05, 0) is 150 Å². The lowest BCUT2D eigenvalue weighted by Crippen LogP contribution is -2.02. The van der Waals surface area contributed by atoms with Gasteiger partial charge in [0.2, 0.25) is 19.7 Å². The van der Waals surface area contributed by atoms with E-state index in [2.05, 4.69) is 31.9 Å². The predicted octanol–water partition coefficient (Wildman–Crippen LogP) is 17.0. The highest BCUT2D eigenvalue weighted by Crippen LogP contribution is 2.44. The quantitative estimate of drug-likeness (QED) is 0.1000. The van der Waals surface area contributed by atoms with Gasteiger partial charge in [0.15, 0.2) is 0 Å². The standard InChI is InChI=1S/C60H40Br2O8S2/c61-52-19-10-21-54(58(52)41-13-4-1-5-14-41)67-44-25-33-48(34-26-44)71(63,64)50-37-29-46(30-38-50)69-56-23-12-24-57(60(56)43-17-8-3-9-18-43)70-47-31-39-51(40-32-47)72(65,66)49-35-27-45(28-36-49)68-55-22-11-20-53(62)59(55)42-15-6-2-7-16-42/h1-40H. The summed E-state index contributed by atoms with van der Waals surface area (Å²) in [6.07, 6.45) is 0. The van der Waals surface area contributed by atoms with Crippen LogP contribution in [0.4, 0.5) is 0 Å². The van der Waals surface area contributed by atoms with E-state index >= 15 is 0 Å². The molecule has 12 heteroatoms. The Labute approximate surface area is 434 Å². The smallest absolute Gasteiger partial charge is 0.206 e. The van der Waals surface area contributed by atoms with Gasteiger partial charge in [-0.3, -0.25) is 0 Å². The van der Waals surface area contributed by atoms with Crippen molar-refractivity contribution in [2.24, 2.45) is 0 Å². The normalized spacial score (nSPS) is 11.4. The zero-order chi connectivity index (χ0) is 49.7. The molecule has 0 fully saturated rings. The van der Waals surface area contributed by atoms with Crippen molar-refractivity contribution < 1.29 is 35.8 Å². The van der Waals surface area contributed by atoms with Gasteiger partial charge in [0, 0.05) is 20.1 Å². The lowest BCUT2D eigenvalue weighted by atomic mass is 10.0. The van der Waals surface area contributed by atoms with E-state index in [1.54, 1.807) is 66.7 Å². The summed E-state index contributed by atoms with van der Waals surface area (Å²) in [5.74, 6) is 3.92. The third-order valence-electron chi connectivity index (χ3n) is 11.6. The molecule has 72 heavy (non-hydrogen) atoms. The fourth-order valence-electron chi connectivity index (χ4n) is 8.05. The van der Waals surface area contributed by atoms with Gasteiger partial charge in [-0.25, -0.2) is 16.8 Å². The summed E-state index contributed by atoms with van der Waals surface area (Å²) in [5.41, 5.74) is 5.15. The number of hydrogen-bond acceptors (Lipinski definition) is 8. The second kappa shape index (κ2) is 20.9. The molecule has 0 N–H and O–H groups in total. The van der Waals surface area contributed by atoms with Crippen molar-refractivity contribution >= 4 is 51.5 Å². The molecule has 0 aliphatic rings. The van der Waals surface area contributed by atoms with E-state index in [-0.39, 0.29) is 19.6 Å². The number of halogens is 2. The van der Waals surface area contributed by atoms with Crippen LogP contribution < -0.4 is 18.9 Å². The Morgan fingerprint density at radius 1 is 0.250 bits per heavy atom. The molecular weight excluding hydrogens is 1070 g/mol. The Morgan fingerprint density at radius 3 is 0.764 bits per heavy atom. The minimum atomic E-state index is -3.90. The van der Waals surface area contributed by atoms with Gasteiger partial charge < -0.3 is 18.9 Å². The molecule has 8 nitrogen and oxygen atoms in total. The first kappa shape index (κ1) is 47.9. The van der Waals surface area contributed by atoms with Crippen LogP contribution in [-0.2, 0) is 19.7 Å². The minimum Gasteiger partial charge on any atom is -0.457 e. The molecule has 0 atom stereocenters. The summed E-state index contributed by atoms with van der Waals surface area (Å²) in [6.45, 7) is 0. The molecular formula is C60H40Br2O8S2. The molecule has 10 rings (SSSR count). The first-order chi connectivity index (χ1) is 35.0. The maximum Gasteiger partial charge on any atom is 0.206 e. The summed E-state index contributed by atoms with van der Waals surface area (Å²) < 4.78 is 82.5. The Kier molecular flexibility index (Phi) is 13.9. The second-order valence-electron chi connectivity index (χ2n) is 16.3. The van der Waals surface area contributed by atoms with E-state index in [0.29, 0.717) is 51.6 Å². The van der Waals surface area contributed by atoms with Gasteiger partial charge in [-0.15, -0.1) is 0 Å². The van der Waals surface area contributed by atoms with Gasteiger partial charge in [0.25, 0.3) is 0 Å². The van der Waals surface area contributed by atoms with Crippen molar-refractivity contribution in [3.05, 3.63) is 252 Å². The number of benzene rings is 10. The summed E-state index contributed by atoms with van der Waals surface area (Å²) in [6, 6.07) is 71.2. The zero-order valence-corrected chi connectivity index (χ0v) is 42.7. The Morgan fingerprint density at radius 2 is 0.486 bits per heavy atom. The molecule has 0 bridgehead atoms. The molecule has 0 saturated heterocycles. The molecule has 10 aromatic rings. The van der Waals surface area contributed by atoms with Crippen molar-refractivity contribution in [2.75, 3.05) is 0 Å². The molecule has 0 aromatic heterocycles. The van der Waals surface area contributed by atoms with Crippen molar-refractivity contribution in [3.63, 3.8) is 0 Å². The summed E-state index contributed by atoms with van der Waals surface area (Å²) in [4.78, 5) is 0.400. The van der Waals surface area contributed by atoms with Gasteiger partial charge in [-0.2, -0.15) is 0 Å². The topological polar surface area (TPSA) is 105 Å². The van der Waals surface area contributed by atoms with Crippen LogP contribution in [0.1, 0.15) is 0 Å². The Balaban J connectivity index is 0.836. The van der Waals surface area contributed by atoms with Crippen molar-refractivity contribution in [2.45, 2.75) is 19.6 Å². The predicted molar refractivity (Wildman–Crippen MR) is 288 cm³/mol. The highest BCUT2D eigenvalue weighted by Gasteiger charge is 2.22. The number of sulfone groups is 2. The van der Waals surface area contributed by atoms with E-state index in [0.717, 1.165) is 36.8 Å². The van der Waals surface area contributed by atoms with Crippen LogP contribution in [-0.4, -0.2) is 16.8 Å². The van der Waals surface area contributed by atoms with Gasteiger partial charge in [0.05, 0.1) is 25.1 Å². The zero-order valence-electron chi connectivity index (χ0n) is 37.9. The molecule has 0 saturated carbocycles. The lowest BCUT2D eigenvalue weighted by Gasteiger charge is -2.17. The highest BCUT2D eigenvalue weighted by molar-refractivity contribution is 9.11. The molecule has 0 spiro atoms. The van der Waals surface area contributed by atoms with Crippen LogP contribution in [0.2, 0.25) is 0 Å². The van der Waals surface area contributed by atoms with Crippen molar-refractivity contribution in [1.29, 1.82) is 0 Å². The SMILES string of the molecule is O=S(=O)(c1ccc(Oc2cccc(Br)c2-c2ccccc2)cc1)c1ccc(Oc2cccc(Oc3ccc(S(=O)(=O)c4ccc(Oc5cccc(Br)c5-c5ccccc5)cc4)cc3)c2-c2ccccc2)cc1. The molecule has 0 unspecified atom stereocenters. The Bertz CT molecular complexity index is 3520. The summed E-state index contributed by atoms with van der Waals surface area (Å²) in [5, 5.41) is 0. The molecule has 0 aliphatic carbocycles. The Hall–Kier alpha value is -7.74. The molecule has 0 aliphatic heterocycles. The lowest BCUT2D eigenvalue weighted by molar-refractivity contribution is 0.463. The summed E-state index contributed by atoms with van der Waals surface area (Å²) in [7, 11) is -7.81. The monoisotopic (exact) mass is 1110 g/mol. The van der Waals surface area contributed by atoms with Gasteiger partial charge in [0.1, 0.15) is 46.0 Å². The van der Waals surface area contributed by atoms with E-state index in [1.807, 2.05) is 127 Å². The molecule has 354 valence electrons. The average Bonchev–Trinajstić information content (AvgIpc) is 3.40. The number of rotatable bonds is 15. The maximum absolute atomic E-state index is 13.8. The molecule has 0 amide bonds. The maximum atomic E-state index is 13.8. The number of ether oxygens (including phenoxy) is 4. The van der Waals surface area contributed by atoms with Crippen LogP contribution in [0.25, 0.3) is 33.4 Å². The van der Waals surface area contributed by atoms with Crippen molar-refractivity contribution in [1.82, 2.24) is 0 Å². The first-order valence-corrected chi connectivity index (χ1v) is 27.0. The molecule has 0 radical (unpaired) electrons. The highest BCUT2D eigenvalue weighted by atomic mass is 79.9. The number of hydrogen-bond donors (Lipinski definition) is 0. The average molecular weight is 1110 g/mol. The fourth-order valence-corrected chi connectivity index (χ4v) is 11.7. The second-order valence-corrected chi connectivity index (χ2v) is 21.9. The van der Waals surface area contributed by atoms with Crippen LogP contribution in [0.15, 0.2) is 271 Å². The summed E-state index contributed by atoms with van der Waals surface area (Å²) >= 11 is 7.29. The van der Waals surface area contributed by atoms with E-state index in [9.17, 15) is 16.8 Å².